The van der Waals surface area contributed by atoms with Crippen molar-refractivity contribution >= 4 is 11.9 Å². The van der Waals surface area contributed by atoms with Gasteiger partial charge in [-0.2, -0.15) is 0 Å². The van der Waals surface area contributed by atoms with Crippen molar-refractivity contribution in [1.82, 2.24) is 4.90 Å². The van der Waals surface area contributed by atoms with E-state index in [2.05, 4.69) is 0 Å². The van der Waals surface area contributed by atoms with Crippen LogP contribution >= 0.6 is 0 Å². The molecule has 1 aromatic rings. The molecule has 0 aromatic heterocycles. The van der Waals surface area contributed by atoms with Gasteiger partial charge in [0, 0.05) is 12.6 Å². The summed E-state index contributed by atoms with van der Waals surface area (Å²) in [6.45, 7) is 8.90. The van der Waals surface area contributed by atoms with Gasteiger partial charge in [-0.15, -0.1) is 0 Å². The lowest BCUT2D eigenvalue weighted by atomic mass is 9.83. The van der Waals surface area contributed by atoms with Gasteiger partial charge in [0.2, 0.25) is 0 Å². The predicted octanol–water partition coefficient (Wildman–Crippen LogP) is 2.83. The van der Waals surface area contributed by atoms with Crippen LogP contribution in [0.3, 0.4) is 0 Å². The Bertz CT molecular complexity index is 659. The Hall–Kier alpha value is -1.92. The lowest BCUT2D eigenvalue weighted by Crippen LogP contribution is -2.53. The van der Waals surface area contributed by atoms with E-state index in [1.165, 1.54) is 0 Å². The number of benzene rings is 1. The molecule has 1 aliphatic heterocycles. The molecule has 27 heavy (non-hydrogen) atoms. The number of esters is 1. The van der Waals surface area contributed by atoms with Crippen molar-refractivity contribution in [3.05, 3.63) is 35.9 Å². The third kappa shape index (κ3) is 5.53. The highest BCUT2D eigenvalue weighted by atomic mass is 16.6. The number of hydrogen-bond donors (Lipinski definition) is 2. The number of ether oxygens (including phenoxy) is 1. The minimum absolute atomic E-state index is 0.401. The number of carbonyl (C=O) groups is 2. The standard InChI is InChI=1S/C21H31NO5/c1-20(2,3)27-19(25)17(21(4,5)26)15-11-12-16(18(23)24)22(15)13-14-9-7-6-8-10-14/h6-10,15-17,26H,11-13H2,1-5H3,(H,23,24)/t15?,16-,17?/m1/s1. The van der Waals surface area contributed by atoms with Crippen LogP contribution in [0.5, 0.6) is 0 Å². The summed E-state index contributed by atoms with van der Waals surface area (Å²) in [6.07, 6.45) is 0.944. The van der Waals surface area contributed by atoms with Crippen molar-refractivity contribution in [2.24, 2.45) is 5.92 Å². The number of nitrogens with zero attached hydrogens (tertiary/aromatic N) is 1. The fraction of sp³-hybridized carbons (Fsp3) is 0.619. The molecule has 3 atom stereocenters. The topological polar surface area (TPSA) is 87.1 Å². The number of aliphatic hydroxyl groups is 1. The maximum absolute atomic E-state index is 12.9. The molecule has 0 aliphatic carbocycles. The number of likely N-dealkylation sites (tertiary alicyclic amines) is 1. The molecule has 0 bridgehead atoms. The Morgan fingerprint density at radius 3 is 2.22 bits per heavy atom. The molecular formula is C21H31NO5. The first-order valence-electron chi connectivity index (χ1n) is 9.38. The first-order chi connectivity index (χ1) is 12.4. The Kier molecular flexibility index (Phi) is 6.32. The number of rotatable bonds is 6. The molecule has 1 aliphatic rings. The summed E-state index contributed by atoms with van der Waals surface area (Å²) in [6, 6.07) is 8.46. The maximum atomic E-state index is 12.9. The van der Waals surface area contributed by atoms with Gasteiger partial charge in [-0.3, -0.25) is 14.5 Å². The monoisotopic (exact) mass is 377 g/mol. The quantitative estimate of drug-likeness (QED) is 0.742. The van der Waals surface area contributed by atoms with Crippen LogP contribution in [-0.4, -0.2) is 50.3 Å². The van der Waals surface area contributed by atoms with Gasteiger partial charge in [-0.05, 0) is 53.0 Å². The average molecular weight is 377 g/mol. The number of carboxylic acids is 1. The molecule has 6 heteroatoms. The molecule has 6 nitrogen and oxygen atoms in total. The van der Waals surface area contributed by atoms with Gasteiger partial charge in [-0.1, -0.05) is 30.3 Å². The maximum Gasteiger partial charge on any atom is 0.320 e. The zero-order valence-corrected chi connectivity index (χ0v) is 16.8. The van der Waals surface area contributed by atoms with Crippen LogP contribution in [0.15, 0.2) is 30.3 Å². The van der Waals surface area contributed by atoms with Crippen molar-refractivity contribution in [3.63, 3.8) is 0 Å². The number of hydrogen-bond acceptors (Lipinski definition) is 5. The summed E-state index contributed by atoms with van der Waals surface area (Å²) >= 11 is 0. The van der Waals surface area contributed by atoms with E-state index < -0.39 is 41.1 Å². The largest absolute Gasteiger partial charge is 0.480 e. The molecule has 0 radical (unpaired) electrons. The zero-order chi connectivity index (χ0) is 20.4. The van der Waals surface area contributed by atoms with E-state index in [4.69, 9.17) is 4.74 Å². The third-order valence-corrected chi connectivity index (χ3v) is 4.86. The van der Waals surface area contributed by atoms with Gasteiger partial charge in [0.05, 0.1) is 5.60 Å². The zero-order valence-electron chi connectivity index (χ0n) is 16.8. The van der Waals surface area contributed by atoms with Crippen molar-refractivity contribution in [3.8, 4) is 0 Å². The third-order valence-electron chi connectivity index (χ3n) is 4.86. The van der Waals surface area contributed by atoms with E-state index in [1.54, 1.807) is 34.6 Å². The summed E-state index contributed by atoms with van der Waals surface area (Å²) in [4.78, 5) is 26.5. The lowest BCUT2D eigenvalue weighted by Gasteiger charge is -2.39. The van der Waals surface area contributed by atoms with Crippen molar-refractivity contribution in [1.29, 1.82) is 0 Å². The van der Waals surface area contributed by atoms with Crippen molar-refractivity contribution in [2.45, 2.75) is 77.3 Å². The van der Waals surface area contributed by atoms with Crippen LogP contribution < -0.4 is 0 Å². The second kappa shape index (κ2) is 7.98. The molecule has 1 aromatic carbocycles. The fourth-order valence-corrected chi connectivity index (χ4v) is 3.82. The fourth-order valence-electron chi connectivity index (χ4n) is 3.82. The van der Waals surface area contributed by atoms with Gasteiger partial charge in [0.25, 0.3) is 0 Å². The van der Waals surface area contributed by atoms with Gasteiger partial charge in [0.1, 0.15) is 17.6 Å². The number of aliphatic carboxylic acids is 1. The normalized spacial score (nSPS) is 22.4. The molecule has 1 saturated heterocycles. The minimum Gasteiger partial charge on any atom is -0.480 e. The highest BCUT2D eigenvalue weighted by Crippen LogP contribution is 2.37. The SMILES string of the molecule is CC(C)(C)OC(=O)C(C1CC[C@H](C(=O)O)N1Cc1ccccc1)C(C)(C)O. The minimum atomic E-state index is -1.34. The molecule has 2 unspecified atom stereocenters. The number of carbonyl (C=O) groups excluding carboxylic acids is 1. The van der Waals surface area contributed by atoms with E-state index in [0.717, 1.165) is 5.56 Å². The number of carboxylic acid groups (broad SMARTS) is 1. The first kappa shape index (κ1) is 21.4. The van der Waals surface area contributed by atoms with E-state index in [0.29, 0.717) is 19.4 Å². The van der Waals surface area contributed by atoms with Crippen LogP contribution in [0.2, 0.25) is 0 Å². The van der Waals surface area contributed by atoms with E-state index in [9.17, 15) is 19.8 Å². The Balaban J connectivity index is 2.36. The summed E-state index contributed by atoms with van der Waals surface area (Å²) in [5.74, 6) is -2.25. The summed E-state index contributed by atoms with van der Waals surface area (Å²) in [7, 11) is 0. The highest BCUT2D eigenvalue weighted by Gasteiger charge is 2.50. The smallest absolute Gasteiger partial charge is 0.320 e. The van der Waals surface area contributed by atoms with E-state index >= 15 is 0 Å². The molecule has 1 fully saturated rings. The molecular weight excluding hydrogens is 346 g/mol. The second-order valence-corrected chi connectivity index (χ2v) is 8.82. The Labute approximate surface area is 161 Å². The van der Waals surface area contributed by atoms with Gasteiger partial charge in [-0.25, -0.2) is 0 Å². The summed E-state index contributed by atoms with van der Waals surface area (Å²) < 4.78 is 5.56. The second-order valence-electron chi connectivity index (χ2n) is 8.82. The van der Waals surface area contributed by atoms with Crippen molar-refractivity contribution < 1.29 is 24.5 Å². The molecule has 2 rings (SSSR count). The highest BCUT2D eigenvalue weighted by molar-refractivity contribution is 5.77. The summed E-state index contributed by atoms with van der Waals surface area (Å²) in [5.41, 5.74) is -1.06. The Morgan fingerprint density at radius 1 is 1.15 bits per heavy atom. The molecule has 1 heterocycles. The van der Waals surface area contributed by atoms with Crippen LogP contribution in [0.4, 0.5) is 0 Å². The van der Waals surface area contributed by atoms with Crippen LogP contribution in [-0.2, 0) is 20.9 Å². The predicted molar refractivity (Wildman–Crippen MR) is 102 cm³/mol. The Morgan fingerprint density at radius 2 is 1.74 bits per heavy atom. The molecule has 0 amide bonds. The van der Waals surface area contributed by atoms with Crippen LogP contribution in [0.25, 0.3) is 0 Å². The molecule has 150 valence electrons. The van der Waals surface area contributed by atoms with Gasteiger partial charge < -0.3 is 14.9 Å². The average Bonchev–Trinajstić information content (AvgIpc) is 2.88. The lowest BCUT2D eigenvalue weighted by molar-refractivity contribution is -0.173. The van der Waals surface area contributed by atoms with E-state index in [-0.39, 0.29) is 0 Å². The van der Waals surface area contributed by atoms with Crippen LogP contribution in [0, 0.1) is 5.92 Å². The first-order valence-corrected chi connectivity index (χ1v) is 9.38. The molecule has 0 spiro atoms. The van der Waals surface area contributed by atoms with Crippen LogP contribution in [0.1, 0.15) is 53.0 Å². The van der Waals surface area contributed by atoms with Gasteiger partial charge >= 0.3 is 11.9 Å². The molecule has 0 saturated carbocycles. The molecule has 2 N–H and O–H groups in total. The summed E-state index contributed by atoms with van der Waals surface area (Å²) in [5, 5.41) is 20.4. The van der Waals surface area contributed by atoms with E-state index in [1.807, 2.05) is 35.2 Å². The van der Waals surface area contributed by atoms with Crippen molar-refractivity contribution in [2.75, 3.05) is 0 Å². The van der Waals surface area contributed by atoms with Gasteiger partial charge in [0.15, 0.2) is 0 Å².